The van der Waals surface area contributed by atoms with Gasteiger partial charge in [0.05, 0.1) is 6.61 Å². The van der Waals surface area contributed by atoms with E-state index >= 15 is 0 Å². The van der Waals surface area contributed by atoms with Gasteiger partial charge < -0.3 is 33.5 Å². The molecule has 1 saturated heterocycles. The van der Waals surface area contributed by atoms with Crippen molar-refractivity contribution in [3.63, 3.8) is 0 Å². The van der Waals surface area contributed by atoms with Crippen LogP contribution in [0.25, 0.3) is 11.1 Å². The zero-order valence-corrected chi connectivity index (χ0v) is 38.2. The van der Waals surface area contributed by atoms with Gasteiger partial charge >= 0.3 is 18.4 Å². The Morgan fingerprint density at radius 3 is 2.25 bits per heavy atom. The van der Waals surface area contributed by atoms with Crippen LogP contribution in [0, 0.1) is 5.92 Å². The molecule has 1 saturated carbocycles. The summed E-state index contributed by atoms with van der Waals surface area (Å²) in [6.07, 6.45) is 3.91. The average Bonchev–Trinajstić information content (AvgIpc) is 4.01. The lowest BCUT2D eigenvalue weighted by Gasteiger charge is -2.42. The van der Waals surface area contributed by atoms with Crippen molar-refractivity contribution < 1.29 is 37.0 Å². The molecule has 2 fully saturated rings. The van der Waals surface area contributed by atoms with E-state index in [0.29, 0.717) is 6.42 Å². The van der Waals surface area contributed by atoms with Gasteiger partial charge in [-0.15, -0.1) is 11.3 Å². The summed E-state index contributed by atoms with van der Waals surface area (Å²) in [4.78, 5) is 75.1. The third-order valence-corrected chi connectivity index (χ3v) is 14.6. The summed E-state index contributed by atoms with van der Waals surface area (Å²) in [5, 5.41) is 7.54. The second-order valence-corrected chi connectivity index (χ2v) is 19.1. The van der Waals surface area contributed by atoms with E-state index in [1.165, 1.54) is 16.2 Å². The number of amides is 4. The summed E-state index contributed by atoms with van der Waals surface area (Å²) in [6.45, 7) is -0.0233. The minimum absolute atomic E-state index is 0.0670. The molecule has 7 atom stereocenters. The number of rotatable bonds is 13. The molecular formula is C44H46AlIN4O8PS. The Balaban J connectivity index is 1.02. The number of carbonyl (C=O) groups excluding carboxylic acids is 5. The highest BCUT2D eigenvalue weighted by Crippen LogP contribution is 2.45. The SMILES string of the molecule is O=C(NC(Cc1cccs1)C(=O)NC(COP)C(=O)N1Cc2ccccc2CC1C(=O)N1C(C(=O)[O][Al][I])CC2CCCCC21)OCC1c2ccccc2-c2ccccc21. The minimum Gasteiger partial charge on any atom is -0.612 e. The van der Waals surface area contributed by atoms with E-state index in [-0.39, 0.29) is 56.4 Å². The van der Waals surface area contributed by atoms with Crippen LogP contribution in [-0.2, 0) is 51.6 Å². The largest absolute Gasteiger partial charge is 0.627 e. The Kier molecular flexibility index (Phi) is 13.9. The quantitative estimate of drug-likeness (QED) is 0.0929. The van der Waals surface area contributed by atoms with Crippen molar-refractivity contribution in [2.24, 2.45) is 5.92 Å². The number of alkyl carbamates (subject to hydrolysis) is 1. The summed E-state index contributed by atoms with van der Waals surface area (Å²) < 4.78 is 16.8. The van der Waals surface area contributed by atoms with Crippen LogP contribution in [0.3, 0.4) is 0 Å². The third-order valence-electron chi connectivity index (χ3n) is 12.4. The van der Waals surface area contributed by atoms with E-state index in [4.69, 9.17) is 13.0 Å². The predicted molar refractivity (Wildman–Crippen MR) is 239 cm³/mol. The van der Waals surface area contributed by atoms with E-state index in [9.17, 15) is 24.0 Å². The van der Waals surface area contributed by atoms with Crippen molar-refractivity contribution in [2.75, 3.05) is 13.2 Å². The molecule has 0 bridgehead atoms. The fraction of sp³-hybridized carbons (Fsp3) is 0.386. The van der Waals surface area contributed by atoms with Crippen LogP contribution in [0.2, 0.25) is 0 Å². The second kappa shape index (κ2) is 19.5. The van der Waals surface area contributed by atoms with E-state index in [0.717, 1.165) is 63.9 Å². The van der Waals surface area contributed by atoms with Crippen molar-refractivity contribution in [2.45, 2.75) is 87.6 Å². The Morgan fingerprint density at radius 1 is 0.850 bits per heavy atom. The molecule has 2 aliphatic carbocycles. The van der Waals surface area contributed by atoms with E-state index < -0.39 is 60.3 Å². The summed E-state index contributed by atoms with van der Waals surface area (Å²) in [5.41, 5.74) is 6.17. The molecule has 12 nitrogen and oxygen atoms in total. The zero-order chi connectivity index (χ0) is 41.8. The first-order valence-corrected chi connectivity index (χ1v) is 26.3. The highest BCUT2D eigenvalue weighted by Gasteiger charge is 2.51. The molecule has 7 unspecified atom stereocenters. The molecule has 4 aromatic rings. The number of nitrogens with one attached hydrogen (secondary N) is 2. The van der Waals surface area contributed by atoms with Gasteiger partial charge in [0.25, 0.3) is 5.97 Å². The van der Waals surface area contributed by atoms with Crippen LogP contribution in [0.5, 0.6) is 0 Å². The molecule has 0 spiro atoms. The molecule has 2 aliphatic heterocycles. The minimum atomic E-state index is -1.21. The highest BCUT2D eigenvalue weighted by molar-refractivity contribution is 14.1. The maximum atomic E-state index is 14.9. The Morgan fingerprint density at radius 2 is 1.55 bits per heavy atom. The molecule has 16 heteroatoms. The summed E-state index contributed by atoms with van der Waals surface area (Å²) in [7, 11) is 2.13. The molecule has 1 radical (unpaired) electrons. The summed E-state index contributed by atoms with van der Waals surface area (Å²) in [5.74, 6) is -1.78. The standard InChI is InChI=1S/C44H47N4O8PS.Al.HI/c49-40(35(22-29-13-9-19-58-29)46-44(54)55-24-34-32-16-6-4-14-30(32)31-15-5-7-17-33(31)34)45-36(25-56-57)41(50)47-23-28-12-2-1-10-26(28)20-38(47)42(51)48-37-18-8-3-11-27(37)21-39(48)43(52)53;;/h1-2,4-7,9-10,12-17,19,27,34-39H,3,8,11,18,20-25,57H2,(H,45,49)(H,46,54)(H,52,53);;1H/q;+2;/p-2. The molecule has 8 rings (SSSR count). The van der Waals surface area contributed by atoms with Crippen LogP contribution in [-0.4, -0.2) is 95.3 Å². The van der Waals surface area contributed by atoms with Gasteiger partial charge in [0.15, 0.2) is 0 Å². The van der Waals surface area contributed by atoms with Crippen molar-refractivity contribution in [1.29, 1.82) is 0 Å². The zero-order valence-electron chi connectivity index (χ0n) is 32.9. The van der Waals surface area contributed by atoms with Gasteiger partial charge in [-0.2, -0.15) is 20.3 Å². The first-order valence-electron chi connectivity index (χ1n) is 20.3. The first-order chi connectivity index (χ1) is 29.2. The first kappa shape index (κ1) is 42.8. The molecular weight excluding hydrogens is 929 g/mol. The smallest absolute Gasteiger partial charge is 0.612 e. The number of nitrogens with zero attached hydrogens (tertiary/aromatic N) is 2. The lowest BCUT2D eigenvalue weighted by molar-refractivity contribution is -0.155. The Bertz CT molecular complexity index is 2190. The van der Waals surface area contributed by atoms with Crippen LogP contribution in [0.15, 0.2) is 90.3 Å². The Labute approximate surface area is 373 Å². The third kappa shape index (κ3) is 9.04. The fourth-order valence-electron chi connectivity index (χ4n) is 9.62. The average molecular weight is 976 g/mol. The maximum Gasteiger partial charge on any atom is 0.627 e. The molecule has 4 amide bonds. The number of hydrogen-bond donors (Lipinski definition) is 2. The fourth-order valence-corrected chi connectivity index (χ4v) is 11.6. The van der Waals surface area contributed by atoms with E-state index in [1.54, 1.807) is 4.90 Å². The van der Waals surface area contributed by atoms with Crippen molar-refractivity contribution in [3.8, 4) is 11.1 Å². The molecule has 311 valence electrons. The van der Waals surface area contributed by atoms with Crippen LogP contribution < -0.4 is 10.6 Å². The van der Waals surface area contributed by atoms with E-state index in [2.05, 4.69) is 52.5 Å². The Hall–Kier alpha value is -3.84. The number of carbonyl (C=O) groups is 5. The van der Waals surface area contributed by atoms with Crippen LogP contribution >= 0.6 is 41.1 Å². The number of ether oxygens (including phenoxy) is 1. The van der Waals surface area contributed by atoms with Gasteiger partial charge in [-0.3, -0.25) is 19.2 Å². The number of fused-ring (bicyclic) bond motifs is 5. The van der Waals surface area contributed by atoms with Crippen LogP contribution in [0.4, 0.5) is 4.79 Å². The van der Waals surface area contributed by atoms with Gasteiger partial charge in [0.1, 0.15) is 30.8 Å². The second-order valence-electron chi connectivity index (χ2n) is 15.8. The molecule has 3 aromatic carbocycles. The van der Waals surface area contributed by atoms with Gasteiger partial charge in [0.2, 0.25) is 17.7 Å². The van der Waals surface area contributed by atoms with Crippen molar-refractivity contribution in [3.05, 3.63) is 117 Å². The van der Waals surface area contributed by atoms with E-state index in [1.807, 2.05) is 78.2 Å². The lowest BCUT2D eigenvalue weighted by atomic mass is 9.84. The number of thiophene rings is 1. The van der Waals surface area contributed by atoms with Crippen molar-refractivity contribution >= 4 is 83.1 Å². The van der Waals surface area contributed by atoms with Gasteiger partial charge in [-0.25, -0.2) is 4.79 Å². The summed E-state index contributed by atoms with van der Waals surface area (Å²) >= 11 is 2.93. The lowest BCUT2D eigenvalue weighted by Crippen LogP contribution is -2.62. The van der Waals surface area contributed by atoms with Crippen molar-refractivity contribution in [1.82, 2.24) is 20.4 Å². The van der Waals surface area contributed by atoms with Crippen LogP contribution in [0.1, 0.15) is 65.2 Å². The summed E-state index contributed by atoms with van der Waals surface area (Å²) in [6, 6.07) is 23.5. The molecule has 60 heavy (non-hydrogen) atoms. The molecule has 3 heterocycles. The maximum absolute atomic E-state index is 14.9. The molecule has 2 N–H and O–H groups in total. The number of benzene rings is 3. The predicted octanol–water partition coefficient (Wildman–Crippen LogP) is 6.12. The molecule has 4 aliphatic rings. The topological polar surface area (TPSA) is 144 Å². The molecule has 1 aromatic heterocycles. The van der Waals surface area contributed by atoms with Gasteiger partial charge in [-0.1, -0.05) is 91.7 Å². The van der Waals surface area contributed by atoms with Gasteiger partial charge in [0, 0.05) is 45.7 Å². The van der Waals surface area contributed by atoms with Gasteiger partial charge in [-0.05, 0) is 70.0 Å². The number of likely N-dealkylation sites (tertiary alicyclic amines) is 1. The number of hydrogen-bond acceptors (Lipinski definition) is 9. The monoisotopic (exact) mass is 975 g/mol. The normalized spacial score (nSPS) is 21.4. The number of halogens is 1. The highest BCUT2D eigenvalue weighted by atomic mass is 127.